The third-order valence-electron chi connectivity index (χ3n) is 4.01. The molecule has 0 saturated heterocycles. The molecule has 1 N–H and O–H groups in total. The molecule has 0 fully saturated rings. The molecule has 3 nitrogen and oxygen atoms in total. The van der Waals surface area contributed by atoms with E-state index in [2.05, 4.69) is 11.4 Å². The van der Waals surface area contributed by atoms with Crippen molar-refractivity contribution in [3.05, 3.63) is 65.0 Å². The predicted octanol–water partition coefficient (Wildman–Crippen LogP) is 4.48. The summed E-state index contributed by atoms with van der Waals surface area (Å²) in [6.45, 7) is 7.93. The summed E-state index contributed by atoms with van der Waals surface area (Å²) in [6.07, 6.45) is -0.0772. The molecule has 2 atom stereocenters. The molecule has 0 radical (unpaired) electrons. The lowest BCUT2D eigenvalue weighted by molar-refractivity contribution is -0.128. The van der Waals surface area contributed by atoms with Crippen LogP contribution in [-0.4, -0.2) is 12.0 Å². The first-order chi connectivity index (χ1) is 11.4. The Bertz CT molecular complexity index is 697. The highest BCUT2D eigenvalue weighted by atomic mass is 19.1. The van der Waals surface area contributed by atoms with Gasteiger partial charge < -0.3 is 10.1 Å². The van der Waals surface area contributed by atoms with E-state index in [0.29, 0.717) is 12.2 Å². The van der Waals surface area contributed by atoms with Gasteiger partial charge in [-0.2, -0.15) is 0 Å². The van der Waals surface area contributed by atoms with Gasteiger partial charge in [0.2, 0.25) is 0 Å². The van der Waals surface area contributed by atoms with Crippen molar-refractivity contribution in [1.82, 2.24) is 5.32 Å². The van der Waals surface area contributed by atoms with Crippen molar-refractivity contribution >= 4 is 5.91 Å². The fraction of sp³-hybridized carbons (Fsp3) is 0.350. The molecule has 0 spiro atoms. The van der Waals surface area contributed by atoms with Crippen molar-refractivity contribution in [2.75, 3.05) is 0 Å². The lowest BCUT2D eigenvalue weighted by Crippen LogP contribution is -2.39. The summed E-state index contributed by atoms with van der Waals surface area (Å²) in [4.78, 5) is 12.5. The molecule has 4 heteroatoms. The predicted molar refractivity (Wildman–Crippen MR) is 93.6 cm³/mol. The van der Waals surface area contributed by atoms with Crippen LogP contribution in [-0.2, 0) is 4.79 Å². The summed E-state index contributed by atoms with van der Waals surface area (Å²) in [5.41, 5.74) is 3.43. The summed E-state index contributed by atoms with van der Waals surface area (Å²) in [6, 6.07) is 11.8. The van der Waals surface area contributed by atoms with E-state index in [0.717, 1.165) is 11.1 Å². The van der Waals surface area contributed by atoms with Crippen LogP contribution >= 0.6 is 0 Å². The lowest BCUT2D eigenvalue weighted by atomic mass is 10.00. The first kappa shape index (κ1) is 18.0. The van der Waals surface area contributed by atoms with E-state index >= 15 is 0 Å². The van der Waals surface area contributed by atoms with Gasteiger partial charge in [0, 0.05) is 0 Å². The number of nitrogens with one attached hydrogen (secondary N) is 1. The van der Waals surface area contributed by atoms with Gasteiger partial charge in [0.1, 0.15) is 11.6 Å². The molecule has 2 aromatic rings. The zero-order valence-corrected chi connectivity index (χ0v) is 14.6. The molecule has 0 aromatic heterocycles. The fourth-order valence-corrected chi connectivity index (χ4v) is 2.70. The van der Waals surface area contributed by atoms with Crippen LogP contribution in [0.4, 0.5) is 4.39 Å². The summed E-state index contributed by atoms with van der Waals surface area (Å²) < 4.78 is 18.6. The monoisotopic (exact) mass is 329 g/mol. The molecule has 0 aliphatic heterocycles. The summed E-state index contributed by atoms with van der Waals surface area (Å²) in [5.74, 6) is -0.0183. The van der Waals surface area contributed by atoms with E-state index < -0.39 is 6.10 Å². The Hall–Kier alpha value is -2.36. The van der Waals surface area contributed by atoms with Gasteiger partial charge in [-0.05, 0) is 62.6 Å². The number of rotatable bonds is 6. The highest BCUT2D eigenvalue weighted by Crippen LogP contribution is 2.20. The standard InChI is InChI=1S/C20H24FNO2/c1-5-19(24-17-9-7-16(21)8-10-17)20(23)22-15(4)18-11-6-13(2)12-14(18)3/h6-12,15,19H,5H2,1-4H3,(H,22,23)/t15-,19+/m0/s1. The second kappa shape index (κ2) is 7.95. The third kappa shape index (κ3) is 4.57. The van der Waals surface area contributed by atoms with Crippen LogP contribution in [0.25, 0.3) is 0 Å². The number of hydrogen-bond donors (Lipinski definition) is 1. The molecular formula is C20H24FNO2. The van der Waals surface area contributed by atoms with Crippen molar-refractivity contribution in [1.29, 1.82) is 0 Å². The SMILES string of the molecule is CC[C@@H](Oc1ccc(F)cc1)C(=O)N[C@@H](C)c1ccc(C)cc1C. The number of aryl methyl sites for hydroxylation is 2. The third-order valence-corrected chi connectivity index (χ3v) is 4.01. The molecule has 0 bridgehead atoms. The smallest absolute Gasteiger partial charge is 0.261 e. The molecular weight excluding hydrogens is 305 g/mol. The van der Waals surface area contributed by atoms with Crippen LogP contribution < -0.4 is 10.1 Å². The first-order valence-corrected chi connectivity index (χ1v) is 8.20. The fourth-order valence-electron chi connectivity index (χ4n) is 2.70. The molecule has 2 rings (SSSR count). The average Bonchev–Trinajstić information content (AvgIpc) is 2.54. The Morgan fingerprint density at radius 2 is 1.83 bits per heavy atom. The quantitative estimate of drug-likeness (QED) is 0.849. The van der Waals surface area contributed by atoms with Crippen LogP contribution in [0.5, 0.6) is 5.75 Å². The number of amides is 1. The topological polar surface area (TPSA) is 38.3 Å². The number of carbonyl (C=O) groups is 1. The van der Waals surface area contributed by atoms with Gasteiger partial charge in [0.15, 0.2) is 6.10 Å². The maximum atomic E-state index is 13.0. The Balaban J connectivity index is 2.04. The maximum Gasteiger partial charge on any atom is 0.261 e. The van der Waals surface area contributed by atoms with Crippen LogP contribution in [0.3, 0.4) is 0 Å². The van der Waals surface area contributed by atoms with Crippen LogP contribution in [0.1, 0.15) is 43.0 Å². The summed E-state index contributed by atoms with van der Waals surface area (Å²) in [7, 11) is 0. The van der Waals surface area contributed by atoms with Gasteiger partial charge in [-0.25, -0.2) is 4.39 Å². The maximum absolute atomic E-state index is 13.0. The Labute approximate surface area is 142 Å². The second-order valence-corrected chi connectivity index (χ2v) is 6.06. The molecule has 24 heavy (non-hydrogen) atoms. The van der Waals surface area contributed by atoms with Gasteiger partial charge in [-0.3, -0.25) is 4.79 Å². The number of benzene rings is 2. The van der Waals surface area contributed by atoms with Gasteiger partial charge in [0.25, 0.3) is 5.91 Å². The summed E-state index contributed by atoms with van der Waals surface area (Å²) in [5, 5.41) is 3.00. The van der Waals surface area contributed by atoms with E-state index in [1.807, 2.05) is 39.8 Å². The largest absolute Gasteiger partial charge is 0.481 e. The number of halogens is 1. The van der Waals surface area contributed by atoms with E-state index in [1.54, 1.807) is 0 Å². The lowest BCUT2D eigenvalue weighted by Gasteiger charge is -2.22. The van der Waals surface area contributed by atoms with E-state index in [-0.39, 0.29) is 17.8 Å². The van der Waals surface area contributed by atoms with E-state index in [4.69, 9.17) is 4.74 Å². The van der Waals surface area contributed by atoms with Gasteiger partial charge in [-0.1, -0.05) is 30.7 Å². The van der Waals surface area contributed by atoms with Crippen molar-refractivity contribution in [3.8, 4) is 5.75 Å². The molecule has 0 saturated carbocycles. The minimum Gasteiger partial charge on any atom is -0.481 e. The molecule has 128 valence electrons. The van der Waals surface area contributed by atoms with E-state index in [9.17, 15) is 9.18 Å². The van der Waals surface area contributed by atoms with Crippen LogP contribution in [0, 0.1) is 19.7 Å². The normalized spacial score (nSPS) is 13.2. The average molecular weight is 329 g/mol. The van der Waals surface area contributed by atoms with Gasteiger partial charge in [0.05, 0.1) is 6.04 Å². The van der Waals surface area contributed by atoms with E-state index in [1.165, 1.54) is 29.8 Å². The highest BCUT2D eigenvalue weighted by molar-refractivity contribution is 5.81. The Morgan fingerprint density at radius 1 is 1.17 bits per heavy atom. The summed E-state index contributed by atoms with van der Waals surface area (Å²) >= 11 is 0. The Morgan fingerprint density at radius 3 is 2.42 bits per heavy atom. The second-order valence-electron chi connectivity index (χ2n) is 6.06. The van der Waals surface area contributed by atoms with Crippen LogP contribution in [0.15, 0.2) is 42.5 Å². The van der Waals surface area contributed by atoms with Crippen molar-refractivity contribution in [2.24, 2.45) is 0 Å². The van der Waals surface area contributed by atoms with Crippen LogP contribution in [0.2, 0.25) is 0 Å². The first-order valence-electron chi connectivity index (χ1n) is 8.20. The van der Waals surface area contributed by atoms with Gasteiger partial charge in [-0.15, -0.1) is 0 Å². The van der Waals surface area contributed by atoms with Crippen molar-refractivity contribution in [2.45, 2.75) is 46.3 Å². The molecule has 2 aromatic carbocycles. The number of ether oxygens (including phenoxy) is 1. The van der Waals surface area contributed by atoms with Crippen molar-refractivity contribution in [3.63, 3.8) is 0 Å². The molecule has 0 heterocycles. The zero-order valence-electron chi connectivity index (χ0n) is 14.6. The highest BCUT2D eigenvalue weighted by Gasteiger charge is 2.21. The molecule has 0 aliphatic rings. The molecule has 0 unspecified atom stereocenters. The zero-order chi connectivity index (χ0) is 17.7. The number of hydrogen-bond acceptors (Lipinski definition) is 2. The molecule has 0 aliphatic carbocycles. The minimum absolute atomic E-state index is 0.107. The number of carbonyl (C=O) groups excluding carboxylic acids is 1. The van der Waals surface area contributed by atoms with Gasteiger partial charge >= 0.3 is 0 Å². The molecule has 1 amide bonds. The van der Waals surface area contributed by atoms with Crippen molar-refractivity contribution < 1.29 is 13.9 Å². The minimum atomic E-state index is -0.608. The Kier molecular flexibility index (Phi) is 5.96.